The lowest BCUT2D eigenvalue weighted by molar-refractivity contribution is 0.350. The van der Waals surface area contributed by atoms with Crippen LogP contribution in [-0.4, -0.2) is 25.9 Å². The van der Waals surface area contributed by atoms with Crippen LogP contribution >= 0.6 is 0 Å². The van der Waals surface area contributed by atoms with E-state index >= 15 is 0 Å². The lowest BCUT2D eigenvalue weighted by Gasteiger charge is -2.05. The van der Waals surface area contributed by atoms with E-state index in [-0.39, 0.29) is 18.9 Å². The Balaban J connectivity index is 2.68. The fourth-order valence-electron chi connectivity index (χ4n) is 1.43. The van der Waals surface area contributed by atoms with Crippen molar-refractivity contribution in [1.29, 1.82) is 0 Å². The topological polar surface area (TPSA) is 66.4 Å². The first-order valence-corrected chi connectivity index (χ1v) is 7.38. The van der Waals surface area contributed by atoms with Gasteiger partial charge in [0.1, 0.15) is 6.61 Å². The third kappa shape index (κ3) is 5.32. The maximum atomic E-state index is 11.5. The number of nitrogens with one attached hydrogen (secondary N) is 1. The molecule has 98 valence electrons. The molecule has 0 spiro atoms. The van der Waals surface area contributed by atoms with E-state index in [1.54, 1.807) is 6.07 Å². The van der Waals surface area contributed by atoms with Crippen molar-refractivity contribution in [2.45, 2.75) is 19.9 Å². The fraction of sp³-hybridized carbons (Fsp3) is 0.385. The van der Waals surface area contributed by atoms with Gasteiger partial charge in [-0.15, -0.1) is 0 Å². The molecule has 0 amide bonds. The SMILES string of the molecule is CCCS(=O)(=O)NCc1cccc(C#CCO)c1. The van der Waals surface area contributed by atoms with Crippen molar-refractivity contribution < 1.29 is 13.5 Å². The molecule has 0 aliphatic heterocycles. The Labute approximate surface area is 108 Å². The summed E-state index contributed by atoms with van der Waals surface area (Å²) in [6.07, 6.45) is 0.595. The Morgan fingerprint density at radius 3 is 2.83 bits per heavy atom. The number of hydrogen-bond donors (Lipinski definition) is 2. The van der Waals surface area contributed by atoms with E-state index in [1.165, 1.54) is 0 Å². The molecule has 0 aliphatic carbocycles. The highest BCUT2D eigenvalue weighted by Crippen LogP contribution is 2.04. The van der Waals surface area contributed by atoms with E-state index in [1.807, 2.05) is 25.1 Å². The van der Waals surface area contributed by atoms with Gasteiger partial charge in [-0.25, -0.2) is 13.1 Å². The monoisotopic (exact) mass is 267 g/mol. The molecule has 0 fully saturated rings. The van der Waals surface area contributed by atoms with Crippen LogP contribution in [-0.2, 0) is 16.6 Å². The summed E-state index contributed by atoms with van der Waals surface area (Å²) in [6.45, 7) is 1.90. The molecule has 1 aromatic carbocycles. The predicted octanol–water partition coefficient (Wildman–Crippen LogP) is 0.860. The van der Waals surface area contributed by atoms with E-state index in [0.29, 0.717) is 6.42 Å². The average molecular weight is 267 g/mol. The summed E-state index contributed by atoms with van der Waals surface area (Å²) in [7, 11) is -3.19. The average Bonchev–Trinajstić information content (AvgIpc) is 2.35. The van der Waals surface area contributed by atoms with E-state index in [0.717, 1.165) is 11.1 Å². The summed E-state index contributed by atoms with van der Waals surface area (Å²) in [5.74, 6) is 5.47. The number of hydrogen-bond acceptors (Lipinski definition) is 3. The zero-order chi connectivity index (χ0) is 13.4. The second-order valence-corrected chi connectivity index (χ2v) is 5.73. The summed E-state index contributed by atoms with van der Waals surface area (Å²) in [4.78, 5) is 0. The van der Waals surface area contributed by atoms with Crippen LogP contribution in [0.4, 0.5) is 0 Å². The lowest BCUT2D eigenvalue weighted by Crippen LogP contribution is -2.25. The molecular formula is C13H17NO3S. The van der Waals surface area contributed by atoms with Gasteiger partial charge < -0.3 is 5.11 Å². The smallest absolute Gasteiger partial charge is 0.211 e. The predicted molar refractivity (Wildman–Crippen MR) is 71.3 cm³/mol. The zero-order valence-corrected chi connectivity index (χ0v) is 11.1. The van der Waals surface area contributed by atoms with Crippen LogP contribution in [0, 0.1) is 11.8 Å². The van der Waals surface area contributed by atoms with Gasteiger partial charge in [0, 0.05) is 12.1 Å². The summed E-state index contributed by atoms with van der Waals surface area (Å²) >= 11 is 0. The molecule has 0 aliphatic rings. The highest BCUT2D eigenvalue weighted by molar-refractivity contribution is 7.89. The Kier molecular flexibility index (Phi) is 5.86. The first-order chi connectivity index (χ1) is 8.57. The molecule has 5 heteroatoms. The van der Waals surface area contributed by atoms with Crippen molar-refractivity contribution >= 4 is 10.0 Å². The van der Waals surface area contributed by atoms with E-state index in [4.69, 9.17) is 5.11 Å². The fourth-order valence-corrected chi connectivity index (χ4v) is 2.50. The van der Waals surface area contributed by atoms with Gasteiger partial charge in [0.25, 0.3) is 0 Å². The Bertz CT molecular complexity index is 541. The quantitative estimate of drug-likeness (QED) is 0.778. The van der Waals surface area contributed by atoms with Crippen molar-refractivity contribution in [1.82, 2.24) is 4.72 Å². The van der Waals surface area contributed by atoms with Gasteiger partial charge in [-0.3, -0.25) is 0 Å². The van der Waals surface area contributed by atoms with Gasteiger partial charge in [-0.2, -0.15) is 0 Å². The van der Waals surface area contributed by atoms with E-state index in [2.05, 4.69) is 16.6 Å². The molecular weight excluding hydrogens is 250 g/mol. The van der Waals surface area contributed by atoms with Crippen molar-refractivity contribution in [3.05, 3.63) is 35.4 Å². The minimum atomic E-state index is -3.19. The first kappa shape index (κ1) is 14.7. The maximum Gasteiger partial charge on any atom is 0.211 e. The number of aliphatic hydroxyl groups excluding tert-OH is 1. The van der Waals surface area contributed by atoms with Crippen LogP contribution in [0.15, 0.2) is 24.3 Å². The van der Waals surface area contributed by atoms with Crippen LogP contribution in [0.5, 0.6) is 0 Å². The highest BCUT2D eigenvalue weighted by atomic mass is 32.2. The van der Waals surface area contributed by atoms with Gasteiger partial charge >= 0.3 is 0 Å². The second-order valence-electron chi connectivity index (χ2n) is 3.80. The lowest BCUT2D eigenvalue weighted by atomic mass is 10.1. The van der Waals surface area contributed by atoms with Gasteiger partial charge in [-0.05, 0) is 24.1 Å². The molecule has 0 saturated carbocycles. The molecule has 1 aromatic rings. The van der Waals surface area contributed by atoms with Crippen molar-refractivity contribution in [2.75, 3.05) is 12.4 Å². The minimum Gasteiger partial charge on any atom is -0.384 e. The van der Waals surface area contributed by atoms with E-state index < -0.39 is 10.0 Å². The molecule has 0 saturated heterocycles. The van der Waals surface area contributed by atoms with Crippen molar-refractivity contribution in [2.24, 2.45) is 0 Å². The van der Waals surface area contributed by atoms with Crippen LogP contribution < -0.4 is 4.72 Å². The minimum absolute atomic E-state index is 0.136. The van der Waals surface area contributed by atoms with Gasteiger partial charge in [0.15, 0.2) is 0 Å². The number of benzene rings is 1. The van der Waals surface area contributed by atoms with Crippen LogP contribution in [0.2, 0.25) is 0 Å². The first-order valence-electron chi connectivity index (χ1n) is 5.73. The molecule has 0 heterocycles. The summed E-state index contributed by atoms with van der Waals surface area (Å²) in [5, 5.41) is 8.60. The Hall–Kier alpha value is -1.35. The van der Waals surface area contributed by atoms with Crippen LogP contribution in [0.1, 0.15) is 24.5 Å². The molecule has 0 unspecified atom stereocenters. The number of aliphatic hydroxyl groups is 1. The van der Waals surface area contributed by atoms with Gasteiger partial charge in [0.2, 0.25) is 10.0 Å². The maximum absolute atomic E-state index is 11.5. The summed E-state index contributed by atoms with van der Waals surface area (Å²) < 4.78 is 25.5. The van der Waals surface area contributed by atoms with Crippen LogP contribution in [0.3, 0.4) is 0 Å². The largest absolute Gasteiger partial charge is 0.384 e. The van der Waals surface area contributed by atoms with Crippen LogP contribution in [0.25, 0.3) is 0 Å². The van der Waals surface area contributed by atoms with Crippen molar-refractivity contribution in [3.63, 3.8) is 0 Å². The molecule has 18 heavy (non-hydrogen) atoms. The number of sulfonamides is 1. The van der Waals surface area contributed by atoms with Gasteiger partial charge in [0.05, 0.1) is 5.75 Å². The molecule has 0 bridgehead atoms. The third-order valence-electron chi connectivity index (χ3n) is 2.21. The Morgan fingerprint density at radius 1 is 1.39 bits per heavy atom. The summed E-state index contributed by atoms with van der Waals surface area (Å²) in [5.41, 5.74) is 1.61. The highest BCUT2D eigenvalue weighted by Gasteiger charge is 2.07. The summed E-state index contributed by atoms with van der Waals surface area (Å²) in [6, 6.07) is 7.26. The molecule has 1 rings (SSSR count). The molecule has 0 aromatic heterocycles. The second kappa shape index (κ2) is 7.17. The molecule has 2 N–H and O–H groups in total. The molecule has 0 radical (unpaired) electrons. The third-order valence-corrected chi connectivity index (χ3v) is 3.74. The Morgan fingerprint density at radius 2 is 2.17 bits per heavy atom. The number of rotatable bonds is 5. The zero-order valence-electron chi connectivity index (χ0n) is 10.3. The molecule has 4 nitrogen and oxygen atoms in total. The van der Waals surface area contributed by atoms with E-state index in [9.17, 15) is 8.42 Å². The molecule has 0 atom stereocenters. The van der Waals surface area contributed by atoms with Crippen molar-refractivity contribution in [3.8, 4) is 11.8 Å². The normalized spacial score (nSPS) is 10.8. The van der Waals surface area contributed by atoms with Gasteiger partial charge in [-0.1, -0.05) is 30.9 Å². The standard InChI is InChI=1S/C13H17NO3S/c1-2-9-18(16,17)14-11-13-6-3-5-12(10-13)7-4-8-15/h3,5-6,10,14-15H,2,8-9,11H2,1H3.